The fourth-order valence-corrected chi connectivity index (χ4v) is 11.5. The molecular formula is C41H46N6O3S. The molecule has 9 nitrogen and oxygen atoms in total. The Kier molecular flexibility index (Phi) is 8.09. The molecule has 0 spiro atoms. The number of nitrogens with one attached hydrogen (secondary N) is 1. The van der Waals surface area contributed by atoms with E-state index in [0.29, 0.717) is 52.9 Å². The first kappa shape index (κ1) is 33.6. The molecule has 8 rings (SSSR count). The molecule has 1 amide bonds. The molecule has 5 aromatic rings. The van der Waals surface area contributed by atoms with Crippen LogP contribution in [-0.4, -0.2) is 43.3 Å². The number of pyridine rings is 1. The summed E-state index contributed by atoms with van der Waals surface area (Å²) in [6.45, 7) is 13.7. The number of carbonyl (C=O) groups is 2. The van der Waals surface area contributed by atoms with Crippen LogP contribution in [0.25, 0.3) is 21.3 Å². The van der Waals surface area contributed by atoms with E-state index in [9.17, 15) is 14.7 Å². The van der Waals surface area contributed by atoms with Gasteiger partial charge in [-0.25, -0.2) is 14.8 Å². The summed E-state index contributed by atoms with van der Waals surface area (Å²) in [6, 6.07) is 17.4. The quantitative estimate of drug-likeness (QED) is 0.174. The molecule has 2 fully saturated rings. The number of carbonyl (C=O) groups excluding carboxylic acids is 1. The fraction of sp³-hybridized carbons (Fsp3) is 0.439. The number of thiazole rings is 1. The molecule has 10 heteroatoms. The summed E-state index contributed by atoms with van der Waals surface area (Å²) >= 11 is 1.45. The number of benzene rings is 2. The van der Waals surface area contributed by atoms with Gasteiger partial charge in [-0.1, -0.05) is 63.3 Å². The lowest BCUT2D eigenvalue weighted by atomic mass is 9.47. The van der Waals surface area contributed by atoms with Crippen LogP contribution >= 0.6 is 11.3 Å². The standard InChI is InChI=1S/C41H46N6O3S/c1-25-17-40(5)21-39(3,4)22-41(18-25,23-40)24-47-26(2)30(19-42-47)28-13-14-34(44-35(28)37(49)50)46-16-15-27-9-8-10-29(31(27)20-46)36(48)45-38-43-32-11-6-7-12-33(32)51-38/h6-14,19,25H,15-18,20-24H2,1-5H3,(H,49,50)(H,43,45,48). The van der Waals surface area contributed by atoms with Gasteiger partial charge in [-0.15, -0.1) is 0 Å². The van der Waals surface area contributed by atoms with Crippen molar-refractivity contribution < 1.29 is 14.7 Å². The summed E-state index contributed by atoms with van der Waals surface area (Å²) in [5.74, 6) is -0.0291. The van der Waals surface area contributed by atoms with E-state index in [2.05, 4.69) is 60.6 Å². The number of rotatable bonds is 7. The number of para-hydroxylation sites is 1. The fourth-order valence-electron chi connectivity index (χ4n) is 10.7. The summed E-state index contributed by atoms with van der Waals surface area (Å²) < 4.78 is 3.14. The number of aromatic carboxylic acids is 1. The molecule has 0 saturated heterocycles. The third-order valence-electron chi connectivity index (χ3n) is 11.5. The van der Waals surface area contributed by atoms with Crippen molar-refractivity contribution >= 4 is 44.4 Å². The number of hydrogen-bond donors (Lipinski definition) is 2. The number of anilines is 2. The van der Waals surface area contributed by atoms with Gasteiger partial charge in [0.05, 0.1) is 16.4 Å². The van der Waals surface area contributed by atoms with Crippen molar-refractivity contribution in [3.8, 4) is 11.1 Å². The number of aromatic nitrogens is 4. The molecule has 3 aromatic heterocycles. The van der Waals surface area contributed by atoms with E-state index in [1.807, 2.05) is 54.7 Å². The van der Waals surface area contributed by atoms with Crippen molar-refractivity contribution in [3.63, 3.8) is 0 Å². The molecule has 3 aliphatic rings. The summed E-state index contributed by atoms with van der Waals surface area (Å²) in [7, 11) is 0. The van der Waals surface area contributed by atoms with Gasteiger partial charge in [0.1, 0.15) is 5.82 Å². The normalized spacial score (nSPS) is 23.9. The second-order valence-electron chi connectivity index (χ2n) is 16.7. The monoisotopic (exact) mass is 702 g/mol. The molecule has 2 N–H and O–H groups in total. The van der Waals surface area contributed by atoms with Crippen molar-refractivity contribution in [2.45, 2.75) is 86.2 Å². The predicted octanol–water partition coefficient (Wildman–Crippen LogP) is 9.01. The molecule has 51 heavy (non-hydrogen) atoms. The van der Waals surface area contributed by atoms with Crippen LogP contribution in [0.15, 0.2) is 60.8 Å². The molecule has 2 aromatic carbocycles. The van der Waals surface area contributed by atoms with E-state index in [4.69, 9.17) is 10.1 Å². The highest BCUT2D eigenvalue weighted by molar-refractivity contribution is 7.22. The summed E-state index contributed by atoms with van der Waals surface area (Å²) in [5.41, 5.74) is 6.63. The van der Waals surface area contributed by atoms with Crippen molar-refractivity contribution in [2.75, 3.05) is 16.8 Å². The SMILES string of the molecule is Cc1c(-c2ccc(N3CCc4cccc(C(=O)Nc5nc6ccccc6s5)c4C3)nc2C(=O)O)cnn1CC12CC(C)CC(C)(CC(C)(C)C1)C2. The summed E-state index contributed by atoms with van der Waals surface area (Å²) in [5, 5.41) is 18.9. The van der Waals surface area contributed by atoms with E-state index < -0.39 is 5.97 Å². The molecule has 3 atom stereocenters. The number of nitrogens with zero attached hydrogens (tertiary/aromatic N) is 5. The number of carboxylic acid groups (broad SMARTS) is 1. The summed E-state index contributed by atoms with van der Waals surface area (Å²) in [4.78, 5) is 37.7. The topological polar surface area (TPSA) is 113 Å². The van der Waals surface area contributed by atoms with Gasteiger partial charge < -0.3 is 10.0 Å². The molecule has 2 bridgehead atoms. The third-order valence-corrected chi connectivity index (χ3v) is 12.5. The Morgan fingerprint density at radius 2 is 1.80 bits per heavy atom. The molecule has 3 unspecified atom stereocenters. The number of fused-ring (bicyclic) bond motifs is 4. The molecule has 2 aliphatic carbocycles. The summed E-state index contributed by atoms with van der Waals surface area (Å²) in [6.07, 6.45) is 8.66. The van der Waals surface area contributed by atoms with E-state index >= 15 is 0 Å². The predicted molar refractivity (Wildman–Crippen MR) is 202 cm³/mol. The second-order valence-corrected chi connectivity index (χ2v) is 17.8. The van der Waals surface area contributed by atoms with Crippen molar-refractivity contribution in [1.29, 1.82) is 0 Å². The van der Waals surface area contributed by atoms with E-state index in [-0.39, 0.29) is 22.4 Å². The van der Waals surface area contributed by atoms with Crippen LogP contribution in [0, 0.1) is 29.1 Å². The van der Waals surface area contributed by atoms with E-state index in [1.165, 1.54) is 43.4 Å². The highest BCUT2D eigenvalue weighted by Crippen LogP contribution is 2.63. The zero-order valence-electron chi connectivity index (χ0n) is 30.1. The number of amides is 1. The molecular weight excluding hydrogens is 657 g/mol. The van der Waals surface area contributed by atoms with E-state index in [1.54, 1.807) is 0 Å². The van der Waals surface area contributed by atoms with Crippen LogP contribution in [-0.2, 0) is 19.5 Å². The molecule has 1 aliphatic heterocycles. The van der Waals surface area contributed by atoms with Crippen molar-refractivity contribution in [3.05, 3.63) is 88.9 Å². The highest BCUT2D eigenvalue weighted by atomic mass is 32.1. The third kappa shape index (κ3) is 6.32. The maximum absolute atomic E-state index is 13.6. The Bertz CT molecular complexity index is 2150. The minimum absolute atomic E-state index is 0.0126. The maximum Gasteiger partial charge on any atom is 0.355 e. The minimum atomic E-state index is -1.07. The van der Waals surface area contributed by atoms with Crippen molar-refractivity contribution in [2.24, 2.45) is 22.2 Å². The average Bonchev–Trinajstić information content (AvgIpc) is 3.63. The lowest BCUT2D eigenvalue weighted by molar-refractivity contribution is -0.0829. The molecule has 264 valence electrons. The largest absolute Gasteiger partial charge is 0.476 e. The van der Waals surface area contributed by atoms with Gasteiger partial charge in [0.2, 0.25) is 0 Å². The first-order valence-corrected chi connectivity index (χ1v) is 18.9. The van der Waals surface area contributed by atoms with Gasteiger partial charge >= 0.3 is 5.97 Å². The Labute approximate surface area is 303 Å². The van der Waals surface area contributed by atoms with Gasteiger partial charge in [-0.2, -0.15) is 5.10 Å². The van der Waals surface area contributed by atoms with Crippen LogP contribution in [0.2, 0.25) is 0 Å². The zero-order chi connectivity index (χ0) is 35.7. The van der Waals surface area contributed by atoms with Crippen LogP contribution in [0.5, 0.6) is 0 Å². The Hall–Kier alpha value is -4.57. The van der Waals surface area contributed by atoms with Gasteiger partial charge in [-0.05, 0) is 109 Å². The Morgan fingerprint density at radius 3 is 2.61 bits per heavy atom. The molecule has 2 saturated carbocycles. The smallest absolute Gasteiger partial charge is 0.355 e. The Morgan fingerprint density at radius 1 is 0.980 bits per heavy atom. The second kappa shape index (κ2) is 12.3. The average molecular weight is 703 g/mol. The lowest BCUT2D eigenvalue weighted by Crippen LogP contribution is -2.49. The van der Waals surface area contributed by atoms with Crippen LogP contribution in [0.4, 0.5) is 10.9 Å². The van der Waals surface area contributed by atoms with E-state index in [0.717, 1.165) is 39.1 Å². The van der Waals surface area contributed by atoms with Crippen LogP contribution < -0.4 is 10.2 Å². The first-order chi connectivity index (χ1) is 24.3. The van der Waals surface area contributed by atoms with Gasteiger partial charge in [0, 0.05) is 42.0 Å². The zero-order valence-corrected chi connectivity index (χ0v) is 30.9. The minimum Gasteiger partial charge on any atom is -0.476 e. The molecule has 0 radical (unpaired) electrons. The van der Waals surface area contributed by atoms with Gasteiger partial charge in [-0.3, -0.25) is 14.8 Å². The van der Waals surface area contributed by atoms with Gasteiger partial charge in [0.15, 0.2) is 10.8 Å². The van der Waals surface area contributed by atoms with Crippen LogP contribution in [0.3, 0.4) is 0 Å². The maximum atomic E-state index is 13.6. The van der Waals surface area contributed by atoms with Crippen LogP contribution in [0.1, 0.15) is 97.5 Å². The highest BCUT2D eigenvalue weighted by Gasteiger charge is 2.53. The first-order valence-electron chi connectivity index (χ1n) is 18.1. The van der Waals surface area contributed by atoms with Gasteiger partial charge in [0.25, 0.3) is 5.91 Å². The Balaban J connectivity index is 1.05. The lowest BCUT2D eigenvalue weighted by Gasteiger charge is -2.58. The molecule has 4 heterocycles. The number of hydrogen-bond acceptors (Lipinski definition) is 7. The number of carboxylic acids is 1. The van der Waals surface area contributed by atoms with Crippen molar-refractivity contribution in [1.82, 2.24) is 19.7 Å².